The van der Waals surface area contributed by atoms with Crippen LogP contribution in [-0.4, -0.2) is 23.9 Å². The molecule has 0 saturated heterocycles. The molecule has 0 N–H and O–H groups in total. The topological polar surface area (TPSA) is 253 Å². The average Bonchev–Trinajstić information content (AvgIpc) is 1.62. The van der Waals surface area contributed by atoms with Crippen molar-refractivity contribution in [3.05, 3.63) is 0 Å². The molecule has 0 aromatic rings. The van der Waals surface area contributed by atoms with Gasteiger partial charge in [-0.05, 0) is 0 Å². The van der Waals surface area contributed by atoms with Gasteiger partial charge in [0.2, 0.25) is 0 Å². The van der Waals surface area contributed by atoms with Crippen LogP contribution in [0.15, 0.2) is 0 Å². The Morgan fingerprint density at radius 3 is 0.455 bits per heavy atom. The number of rotatable bonds is 0. The second-order valence-corrected chi connectivity index (χ2v) is 5.17. The van der Waals surface area contributed by atoms with Crippen molar-refractivity contribution >= 4 is 55.5 Å². The number of halogens is 4. The molecule has 0 aliphatic rings. The van der Waals surface area contributed by atoms with Gasteiger partial charge < -0.3 is 57.4 Å². The molecule has 130 valence electrons. The van der Waals surface area contributed by atoms with Gasteiger partial charge in [0.05, 0.1) is 0 Å². The molecular weight excluding hydrogens is 694 g/mol. The summed E-state index contributed by atoms with van der Waals surface area (Å²) in [5.41, 5.74) is 0. The molecule has 22 heteroatoms. The summed E-state index contributed by atoms with van der Waals surface area (Å²) in [5.74, 6) is 0. The van der Waals surface area contributed by atoms with E-state index in [4.69, 9.17) is 57.4 Å². The second-order valence-electron chi connectivity index (χ2n) is 1.72. The molecule has 22 heavy (non-hydrogen) atoms. The SMILES string of the molecule is O=P([O-])([O-])F.O=P([O-])([O-])F.O=P([O-])([O-])F.O=P([O-])([O-])F.[Sn+4].[W+4]. The molecule has 0 radical (unpaired) electrons. The van der Waals surface area contributed by atoms with Crippen LogP contribution < -0.4 is 39.1 Å². The molecule has 0 aliphatic carbocycles. The van der Waals surface area contributed by atoms with Crippen LogP contribution in [0.1, 0.15) is 0 Å². The third-order valence-corrected chi connectivity index (χ3v) is 0. The van der Waals surface area contributed by atoms with Gasteiger partial charge in [-0.25, -0.2) is 16.8 Å². The summed E-state index contributed by atoms with van der Waals surface area (Å²) < 4.78 is 74.3. The van der Waals surface area contributed by atoms with Crippen molar-refractivity contribution in [2.75, 3.05) is 0 Å². The first-order valence-electron chi connectivity index (χ1n) is 2.87. The van der Waals surface area contributed by atoms with E-state index in [0.717, 1.165) is 0 Å². The Morgan fingerprint density at radius 2 is 0.455 bits per heavy atom. The van der Waals surface area contributed by atoms with Crippen LogP contribution >= 0.6 is 31.6 Å². The van der Waals surface area contributed by atoms with E-state index < -0.39 is 31.6 Å². The van der Waals surface area contributed by atoms with Gasteiger partial charge in [0, 0.05) is 0 Å². The zero-order valence-corrected chi connectivity index (χ0v) is 18.5. The van der Waals surface area contributed by atoms with Crippen LogP contribution in [-0.2, 0) is 39.3 Å². The molecule has 0 spiro atoms. The molecule has 0 heterocycles. The van der Waals surface area contributed by atoms with E-state index in [1.807, 2.05) is 0 Å². The fraction of sp³-hybridized carbons (Fsp3) is 0. The third kappa shape index (κ3) is 2890. The van der Waals surface area contributed by atoms with Crippen LogP contribution in [0.2, 0.25) is 0 Å². The molecule has 0 rings (SSSR count). The predicted octanol–water partition coefficient (Wildman–Crippen LogP) is -5.24. The van der Waals surface area contributed by atoms with Crippen LogP contribution in [0.25, 0.3) is 0 Å². The minimum absolute atomic E-state index is 0. The fourth-order valence-electron chi connectivity index (χ4n) is 0. The van der Waals surface area contributed by atoms with Crippen molar-refractivity contribution in [3.63, 3.8) is 0 Å². The zero-order chi connectivity index (χ0) is 18.0. The van der Waals surface area contributed by atoms with Crippen molar-refractivity contribution < 1.29 is 95.3 Å². The van der Waals surface area contributed by atoms with Crippen molar-refractivity contribution in [1.82, 2.24) is 0 Å². The normalized spacial score (nSPS) is 10.7. The molecule has 0 aromatic carbocycles. The van der Waals surface area contributed by atoms with E-state index in [1.165, 1.54) is 0 Å². The van der Waals surface area contributed by atoms with Gasteiger partial charge in [-0.15, -0.1) is 0 Å². The second kappa shape index (κ2) is 16.3. The average molecular weight is 694 g/mol. The Morgan fingerprint density at radius 1 is 0.455 bits per heavy atom. The summed E-state index contributed by atoms with van der Waals surface area (Å²) >= 11 is 0. The maximum absolute atomic E-state index is 10.1. The summed E-state index contributed by atoms with van der Waals surface area (Å²) in [4.78, 5) is 67.5. The minimum atomic E-state index is -5.64. The van der Waals surface area contributed by atoms with E-state index in [1.54, 1.807) is 0 Å². The van der Waals surface area contributed by atoms with Crippen LogP contribution in [0.4, 0.5) is 16.8 Å². The molecule has 0 aliphatic heterocycles. The van der Waals surface area contributed by atoms with E-state index >= 15 is 0 Å². The van der Waals surface area contributed by atoms with Gasteiger partial charge >= 0.3 is 45.0 Å². The molecule has 0 saturated carbocycles. The smallest absolute Gasteiger partial charge is 0.786 e. The molecular formula is F4O12P4SnW. The van der Waals surface area contributed by atoms with Crippen LogP contribution in [0.5, 0.6) is 0 Å². The van der Waals surface area contributed by atoms with Crippen LogP contribution in [0.3, 0.4) is 0 Å². The van der Waals surface area contributed by atoms with Gasteiger partial charge in [-0.2, -0.15) is 0 Å². The van der Waals surface area contributed by atoms with Crippen LogP contribution in [0, 0.1) is 0 Å². The first-order chi connectivity index (χ1) is 8.00. The van der Waals surface area contributed by atoms with Crippen molar-refractivity contribution in [2.45, 2.75) is 0 Å². The fourth-order valence-corrected chi connectivity index (χ4v) is 0. The molecule has 0 aromatic heterocycles. The standard InChI is InChI=1S/4FH2O3P.Sn.W/c4*1-5(2,3)4;;/h4*(H2,2,3,4);;/q;;;;2*+4/p-8. The van der Waals surface area contributed by atoms with Gasteiger partial charge in [0.1, 0.15) is 31.6 Å². The summed E-state index contributed by atoms with van der Waals surface area (Å²) in [5, 5.41) is 0. The van der Waals surface area contributed by atoms with Gasteiger partial charge in [-0.3, -0.25) is 0 Å². The Kier molecular flexibility index (Phi) is 28.9. The van der Waals surface area contributed by atoms with Gasteiger partial charge in [0.15, 0.2) is 0 Å². The summed E-state index contributed by atoms with van der Waals surface area (Å²) in [6, 6.07) is 0. The maximum Gasteiger partial charge on any atom is 4.00 e. The van der Waals surface area contributed by atoms with Gasteiger partial charge in [0.25, 0.3) is 0 Å². The van der Waals surface area contributed by atoms with Crippen molar-refractivity contribution in [3.8, 4) is 0 Å². The number of hydrogen-bond donors (Lipinski definition) is 0. The maximum atomic E-state index is 10.1. The Hall–Kier alpha value is 1.81. The van der Waals surface area contributed by atoms with Crippen molar-refractivity contribution in [2.24, 2.45) is 0 Å². The Bertz CT molecular complexity index is 304. The monoisotopic (exact) mass is 696 g/mol. The summed E-state index contributed by atoms with van der Waals surface area (Å²) in [6.07, 6.45) is 0. The van der Waals surface area contributed by atoms with E-state index in [9.17, 15) is 16.8 Å². The molecule has 0 unspecified atom stereocenters. The first-order valence-corrected chi connectivity index (χ1v) is 8.60. The number of hydrogen-bond acceptors (Lipinski definition) is 12. The Balaban J connectivity index is -0.0000000376. The largest absolute Gasteiger partial charge is 4.00 e. The van der Waals surface area contributed by atoms with E-state index in [-0.39, 0.29) is 45.0 Å². The molecule has 0 amide bonds. The van der Waals surface area contributed by atoms with E-state index in [0.29, 0.717) is 0 Å². The first kappa shape index (κ1) is 39.1. The Labute approximate surface area is 150 Å². The summed E-state index contributed by atoms with van der Waals surface area (Å²) in [7, 11) is -22.6. The van der Waals surface area contributed by atoms with Crippen molar-refractivity contribution in [1.29, 1.82) is 0 Å². The minimum Gasteiger partial charge on any atom is -0.786 e. The third-order valence-electron chi connectivity index (χ3n) is 0. The van der Waals surface area contributed by atoms with Gasteiger partial charge in [-0.1, -0.05) is 0 Å². The van der Waals surface area contributed by atoms with E-state index in [2.05, 4.69) is 0 Å². The predicted molar refractivity (Wildman–Crippen MR) is 40.6 cm³/mol. The molecule has 0 bridgehead atoms. The molecule has 12 nitrogen and oxygen atoms in total. The molecule has 0 atom stereocenters. The zero-order valence-electron chi connectivity index (χ0n) is 9.11. The molecule has 0 fully saturated rings. The quantitative estimate of drug-likeness (QED) is 0.131. The summed E-state index contributed by atoms with van der Waals surface area (Å²) in [6.45, 7) is 0.